The highest BCUT2D eigenvalue weighted by atomic mass is 16.2. The maximum atomic E-state index is 14.2. The number of nitrogens with two attached hydrogens (primary N) is 1. The normalized spacial score (nSPS) is 24.0. The molecule has 57 heavy (non-hydrogen) atoms. The van der Waals surface area contributed by atoms with Crippen molar-refractivity contribution < 1.29 is 28.8 Å². The van der Waals surface area contributed by atoms with Crippen molar-refractivity contribution in [2.24, 2.45) is 24.1 Å². The largest absolute Gasteiger partial charge is 0.371 e. The summed E-state index contributed by atoms with van der Waals surface area (Å²) in [5, 5.41) is 9.53. The molecule has 18 nitrogen and oxygen atoms in total. The van der Waals surface area contributed by atoms with Crippen LogP contribution in [0.25, 0.3) is 0 Å². The number of piperidine rings is 3. The van der Waals surface area contributed by atoms with Crippen molar-refractivity contribution in [3.63, 3.8) is 0 Å². The zero-order valence-corrected chi connectivity index (χ0v) is 31.9. The van der Waals surface area contributed by atoms with E-state index in [1.807, 2.05) is 6.07 Å². The number of likely N-dealkylation sites (tertiary alicyclic amines) is 2. The molecule has 8 heterocycles. The number of fused-ring (bicyclic) bond motifs is 1. The molecule has 18 heteroatoms. The second kappa shape index (κ2) is 14.2. The molecule has 6 amide bonds. The Bertz CT molecular complexity index is 2170. The molecule has 0 aliphatic carbocycles. The van der Waals surface area contributed by atoms with E-state index in [2.05, 4.69) is 40.3 Å². The van der Waals surface area contributed by atoms with Crippen LogP contribution in [0.1, 0.15) is 76.2 Å². The van der Waals surface area contributed by atoms with E-state index in [1.165, 1.54) is 0 Å². The Hall–Kier alpha value is -5.91. The van der Waals surface area contributed by atoms with Gasteiger partial charge >= 0.3 is 0 Å². The quantitative estimate of drug-likeness (QED) is 0.258. The van der Waals surface area contributed by atoms with Crippen LogP contribution in [0.15, 0.2) is 36.8 Å². The second-order valence-electron chi connectivity index (χ2n) is 16.3. The number of anilines is 4. The Kier molecular flexibility index (Phi) is 9.17. The van der Waals surface area contributed by atoms with Crippen molar-refractivity contribution in [1.82, 2.24) is 39.8 Å². The Morgan fingerprint density at radius 1 is 0.947 bits per heavy atom. The van der Waals surface area contributed by atoms with Crippen molar-refractivity contribution in [1.29, 1.82) is 0 Å². The fourth-order valence-electron chi connectivity index (χ4n) is 9.58. The Labute approximate surface area is 328 Å². The molecule has 2 atom stereocenters. The van der Waals surface area contributed by atoms with Crippen molar-refractivity contribution in [3.8, 4) is 0 Å². The highest BCUT2D eigenvalue weighted by molar-refractivity contribution is 6.23. The van der Waals surface area contributed by atoms with Crippen LogP contribution in [0, 0.1) is 11.3 Å². The lowest BCUT2D eigenvalue weighted by Crippen LogP contribution is -2.54. The predicted octanol–water partition coefficient (Wildman–Crippen LogP) is 0.874. The molecular formula is C39H46N12O6. The minimum Gasteiger partial charge on any atom is -0.371 e. The van der Waals surface area contributed by atoms with Crippen LogP contribution in [0.3, 0.4) is 0 Å². The van der Waals surface area contributed by atoms with E-state index >= 15 is 0 Å². The molecule has 1 unspecified atom stereocenters. The first-order valence-corrected chi connectivity index (χ1v) is 19.8. The van der Waals surface area contributed by atoms with Crippen LogP contribution in [0.4, 0.5) is 23.0 Å². The van der Waals surface area contributed by atoms with Gasteiger partial charge in [-0.15, -0.1) is 0 Å². The highest BCUT2D eigenvalue weighted by Gasteiger charge is 2.51. The van der Waals surface area contributed by atoms with Crippen LogP contribution in [0.2, 0.25) is 0 Å². The summed E-state index contributed by atoms with van der Waals surface area (Å²) in [4.78, 5) is 95.8. The Balaban J connectivity index is 0.771. The summed E-state index contributed by atoms with van der Waals surface area (Å²) in [5.74, 6) is -1.11. The van der Waals surface area contributed by atoms with Gasteiger partial charge in [-0.1, -0.05) is 0 Å². The summed E-state index contributed by atoms with van der Waals surface area (Å²) >= 11 is 0. The maximum absolute atomic E-state index is 14.2. The van der Waals surface area contributed by atoms with E-state index in [0.29, 0.717) is 29.5 Å². The van der Waals surface area contributed by atoms with Gasteiger partial charge in [-0.3, -0.25) is 43.7 Å². The summed E-state index contributed by atoms with van der Waals surface area (Å²) in [6.45, 7) is 6.45. The Morgan fingerprint density at radius 3 is 2.46 bits per heavy atom. The topological polar surface area (TPSA) is 212 Å². The van der Waals surface area contributed by atoms with Gasteiger partial charge in [-0.25, -0.2) is 9.97 Å². The van der Waals surface area contributed by atoms with Crippen LogP contribution >= 0.6 is 0 Å². The molecule has 6 aliphatic rings. The fraction of sp³-hybridized carbons (Fsp3) is 0.513. The monoisotopic (exact) mass is 778 g/mol. The molecule has 0 saturated carbocycles. The summed E-state index contributed by atoms with van der Waals surface area (Å²) < 4.78 is 1.64. The number of carbonyl (C=O) groups excluding carboxylic acids is 6. The SMILES string of the molecule is Cn1cc(Nc2nc(N3CCC[C@@H](N4CCC5(CCN(CC6CN(c7ccc8c(c7)C(=O)N(C7CCC(=O)NC7=O)C8=O)C6)CC5)C4=O)C3)cnc2C(N)=O)cn1. The van der Waals surface area contributed by atoms with E-state index in [9.17, 15) is 28.8 Å². The number of hydrogen-bond acceptors (Lipinski definition) is 13. The zero-order valence-electron chi connectivity index (χ0n) is 31.9. The van der Waals surface area contributed by atoms with Gasteiger partial charge < -0.3 is 30.7 Å². The number of imide groups is 2. The number of rotatable bonds is 9. The molecule has 2 aromatic heterocycles. The van der Waals surface area contributed by atoms with Crippen LogP contribution in [-0.4, -0.2) is 134 Å². The number of hydrogen-bond donors (Lipinski definition) is 3. The molecule has 0 radical (unpaired) electrons. The third-order valence-corrected chi connectivity index (χ3v) is 12.7. The van der Waals surface area contributed by atoms with Crippen molar-refractivity contribution in [2.75, 3.05) is 67.5 Å². The molecule has 6 aliphatic heterocycles. The third kappa shape index (κ3) is 6.64. The van der Waals surface area contributed by atoms with Gasteiger partial charge in [0.2, 0.25) is 17.7 Å². The number of primary amides is 1. The fourth-order valence-corrected chi connectivity index (χ4v) is 9.58. The first kappa shape index (κ1) is 36.7. The second-order valence-corrected chi connectivity index (χ2v) is 16.3. The summed E-state index contributed by atoms with van der Waals surface area (Å²) in [6, 6.07) is 4.34. The number of carbonyl (C=O) groups is 6. The molecule has 1 aromatic carbocycles. The molecule has 9 rings (SSSR count). The molecule has 1 spiro atoms. The van der Waals surface area contributed by atoms with Crippen LogP contribution in [0.5, 0.6) is 0 Å². The van der Waals surface area contributed by atoms with E-state index in [-0.39, 0.29) is 47.3 Å². The predicted molar refractivity (Wildman–Crippen MR) is 206 cm³/mol. The smallest absolute Gasteiger partial charge is 0.271 e. The van der Waals surface area contributed by atoms with Gasteiger partial charge in [0.05, 0.1) is 34.6 Å². The van der Waals surface area contributed by atoms with Gasteiger partial charge in [0.25, 0.3) is 17.7 Å². The number of aromatic nitrogens is 4. The lowest BCUT2D eigenvalue weighted by atomic mass is 9.76. The zero-order chi connectivity index (χ0) is 39.6. The highest BCUT2D eigenvalue weighted by Crippen LogP contribution is 2.44. The van der Waals surface area contributed by atoms with Gasteiger partial charge in [0.15, 0.2) is 11.5 Å². The van der Waals surface area contributed by atoms with E-state index in [1.54, 1.807) is 42.5 Å². The lowest BCUT2D eigenvalue weighted by molar-refractivity contribution is -0.140. The summed E-state index contributed by atoms with van der Waals surface area (Å²) in [7, 11) is 1.80. The van der Waals surface area contributed by atoms with Gasteiger partial charge in [0, 0.05) is 76.6 Å². The molecule has 5 saturated heterocycles. The number of amides is 6. The van der Waals surface area contributed by atoms with Crippen molar-refractivity contribution >= 4 is 58.5 Å². The van der Waals surface area contributed by atoms with Crippen molar-refractivity contribution in [3.05, 3.63) is 53.6 Å². The first-order chi connectivity index (χ1) is 27.5. The first-order valence-electron chi connectivity index (χ1n) is 19.8. The Morgan fingerprint density at radius 2 is 1.72 bits per heavy atom. The molecule has 298 valence electrons. The average molecular weight is 779 g/mol. The standard InChI is InChI=1S/C39H46N12O6/c1-46-21-24(16-42-46)43-34-32(33(40)53)41-17-30(44-34)48-11-2-3-26(22-48)50-14-10-39(38(50)57)8-12-47(13-9-39)18-23-19-49(20-23)25-4-5-27-28(15-25)37(56)51(36(27)55)29-6-7-31(52)45-35(29)54/h4-5,15-17,21,23,26,29H,2-3,6-14,18-20,22H2,1H3,(H2,40,53)(H,43,44)(H,45,52,54)/t26-,29?/m1/s1. The number of benzene rings is 1. The third-order valence-electron chi connectivity index (χ3n) is 12.7. The summed E-state index contributed by atoms with van der Waals surface area (Å²) in [5.41, 5.74) is 7.42. The lowest BCUT2D eigenvalue weighted by Gasteiger charge is -2.46. The minimum absolute atomic E-state index is 0.0471. The molecule has 4 N–H and O–H groups in total. The van der Waals surface area contributed by atoms with Crippen molar-refractivity contribution in [2.45, 2.75) is 57.0 Å². The average Bonchev–Trinajstić information content (AvgIpc) is 3.82. The minimum atomic E-state index is -0.984. The van der Waals surface area contributed by atoms with E-state index in [4.69, 9.17) is 10.7 Å². The van der Waals surface area contributed by atoms with Gasteiger partial charge in [-0.2, -0.15) is 5.10 Å². The van der Waals surface area contributed by atoms with Gasteiger partial charge in [-0.05, 0) is 69.8 Å². The van der Waals surface area contributed by atoms with Crippen LogP contribution < -0.4 is 26.2 Å². The summed E-state index contributed by atoms with van der Waals surface area (Å²) in [6.07, 6.45) is 9.54. The maximum Gasteiger partial charge on any atom is 0.271 e. The van der Waals surface area contributed by atoms with E-state index < -0.39 is 35.6 Å². The number of nitrogens with one attached hydrogen (secondary N) is 2. The van der Waals surface area contributed by atoms with Crippen LogP contribution in [-0.2, 0) is 21.4 Å². The number of nitrogens with zero attached hydrogens (tertiary/aromatic N) is 9. The molecule has 3 aromatic rings. The number of aryl methyl sites for hydroxylation is 1. The molecule has 5 fully saturated rings. The van der Waals surface area contributed by atoms with E-state index in [0.717, 1.165) is 88.5 Å². The molecule has 0 bridgehead atoms. The van der Waals surface area contributed by atoms with Gasteiger partial charge in [0.1, 0.15) is 11.9 Å². The molecular weight excluding hydrogens is 733 g/mol.